The average Bonchev–Trinajstić information content (AvgIpc) is 3.12. The number of hydrogen-bond donors (Lipinski definition) is 3. The molecular formula is C38H46F2N2O6S. The quantitative estimate of drug-likeness (QED) is 0.242. The predicted molar refractivity (Wildman–Crippen MR) is 186 cm³/mol. The third-order valence-corrected chi connectivity index (χ3v) is 11.0. The van der Waals surface area contributed by atoms with Crippen molar-refractivity contribution in [3.63, 3.8) is 0 Å². The van der Waals surface area contributed by atoms with E-state index in [0.29, 0.717) is 19.4 Å². The molecule has 3 aromatic carbocycles. The molecule has 3 saturated heterocycles. The lowest BCUT2D eigenvalue weighted by Gasteiger charge is -2.42. The molecule has 8 nitrogen and oxygen atoms in total. The van der Waals surface area contributed by atoms with Gasteiger partial charge < -0.3 is 29.5 Å². The molecule has 3 aromatic rings. The second-order valence-corrected chi connectivity index (χ2v) is 14.2. The third kappa shape index (κ3) is 8.04. The number of halogens is 2. The molecule has 3 N–H and O–H groups in total. The fourth-order valence-electron chi connectivity index (χ4n) is 7.36. The lowest BCUT2D eigenvalue weighted by molar-refractivity contribution is -0.200. The first kappa shape index (κ1) is 35.9. The van der Waals surface area contributed by atoms with E-state index in [9.17, 15) is 24.1 Å². The molecule has 264 valence electrons. The fourth-order valence-corrected chi connectivity index (χ4v) is 8.03. The fraction of sp³-hybridized carbons (Fsp3) is 0.500. The van der Waals surface area contributed by atoms with Crippen molar-refractivity contribution in [3.8, 4) is 5.75 Å². The SMILES string of the molecule is C=N[C@H]1CC(N2CCC(Oc3ccc(Cc4cc([C@@H]5O[C@H](SC)[C@@H](O)[C@H](O)[C@H]5O)ccc4CC)cc3)CC2)CO[C@@H]1c1cc(F)ccc1F. The van der Waals surface area contributed by atoms with Crippen molar-refractivity contribution in [2.24, 2.45) is 4.99 Å². The van der Waals surface area contributed by atoms with Crippen LogP contribution in [0, 0.1) is 11.6 Å². The molecule has 0 saturated carbocycles. The molecule has 1 unspecified atom stereocenters. The van der Waals surface area contributed by atoms with E-state index in [0.717, 1.165) is 66.9 Å². The zero-order valence-electron chi connectivity index (χ0n) is 28.0. The third-order valence-electron chi connectivity index (χ3n) is 10.2. The Morgan fingerprint density at radius 3 is 2.39 bits per heavy atom. The molecule has 0 bridgehead atoms. The first-order valence-electron chi connectivity index (χ1n) is 17.0. The van der Waals surface area contributed by atoms with Gasteiger partial charge in [-0.3, -0.25) is 9.89 Å². The highest BCUT2D eigenvalue weighted by molar-refractivity contribution is 7.99. The van der Waals surface area contributed by atoms with Gasteiger partial charge in [-0.2, -0.15) is 0 Å². The van der Waals surface area contributed by atoms with Gasteiger partial charge in [-0.15, -0.1) is 11.8 Å². The maximum absolute atomic E-state index is 14.5. The minimum absolute atomic E-state index is 0.0818. The molecule has 0 radical (unpaired) electrons. The highest BCUT2D eigenvalue weighted by atomic mass is 32.2. The first-order valence-corrected chi connectivity index (χ1v) is 18.3. The van der Waals surface area contributed by atoms with Crippen LogP contribution in [0.2, 0.25) is 0 Å². The van der Waals surface area contributed by atoms with Gasteiger partial charge in [0.15, 0.2) is 0 Å². The summed E-state index contributed by atoms with van der Waals surface area (Å²) >= 11 is 1.31. The first-order chi connectivity index (χ1) is 23.7. The van der Waals surface area contributed by atoms with Gasteiger partial charge in [0, 0.05) is 24.7 Å². The Morgan fingerprint density at radius 2 is 1.69 bits per heavy atom. The van der Waals surface area contributed by atoms with Crippen LogP contribution in [0.5, 0.6) is 5.75 Å². The predicted octanol–water partition coefficient (Wildman–Crippen LogP) is 5.40. The summed E-state index contributed by atoms with van der Waals surface area (Å²) in [6.45, 7) is 7.91. The number of aliphatic hydroxyl groups excluding tert-OH is 3. The maximum atomic E-state index is 14.5. The summed E-state index contributed by atoms with van der Waals surface area (Å²) in [4.78, 5) is 6.60. The van der Waals surface area contributed by atoms with E-state index in [1.54, 1.807) is 6.26 Å². The number of aliphatic imine (C=N–C) groups is 1. The van der Waals surface area contributed by atoms with Gasteiger partial charge in [-0.1, -0.05) is 37.3 Å². The zero-order valence-corrected chi connectivity index (χ0v) is 28.8. The molecule has 6 rings (SSSR count). The maximum Gasteiger partial charge on any atom is 0.132 e. The molecule has 3 aliphatic rings. The molecule has 0 aromatic heterocycles. The van der Waals surface area contributed by atoms with Crippen molar-refractivity contribution in [2.75, 3.05) is 26.0 Å². The normalized spacial score (nSPS) is 29.9. The number of aliphatic hydroxyl groups is 3. The lowest BCUT2D eigenvalue weighted by Crippen LogP contribution is -2.52. The molecule has 8 atom stereocenters. The van der Waals surface area contributed by atoms with Gasteiger partial charge in [-0.05, 0) is 97.7 Å². The van der Waals surface area contributed by atoms with Crippen LogP contribution < -0.4 is 4.74 Å². The largest absolute Gasteiger partial charge is 0.490 e. The topological polar surface area (TPSA) is 104 Å². The van der Waals surface area contributed by atoms with Gasteiger partial charge in [-0.25, -0.2) is 8.78 Å². The standard InChI is InChI=1S/C38H46F2N2O6S/c1-4-23-7-8-24(36-34(44)33(43)35(45)38(48-36)49-3)18-25(23)17-22-5-10-28(11-6-22)47-29-13-15-42(16-14-29)27-20-32(41-2)37(46-21-27)30-19-26(39)9-12-31(30)40/h5-12,18-19,27,29,32-38,43-45H,2,4,13-17,20-21H2,1,3H3/t27?,32-,33+,34+,35-,36-,37+,38+/m0/s1. The molecule has 3 fully saturated rings. The van der Waals surface area contributed by atoms with E-state index >= 15 is 0 Å². The second kappa shape index (κ2) is 16.0. The Hall–Kier alpha value is -2.90. The van der Waals surface area contributed by atoms with Gasteiger partial charge in [0.25, 0.3) is 0 Å². The van der Waals surface area contributed by atoms with Crippen LogP contribution in [0.3, 0.4) is 0 Å². The van der Waals surface area contributed by atoms with Gasteiger partial charge in [0.05, 0.1) is 12.6 Å². The number of rotatable bonds is 10. The van der Waals surface area contributed by atoms with Crippen LogP contribution >= 0.6 is 11.8 Å². The molecule has 0 aliphatic carbocycles. The Kier molecular flexibility index (Phi) is 11.7. The monoisotopic (exact) mass is 696 g/mol. The van der Waals surface area contributed by atoms with E-state index in [2.05, 4.69) is 35.7 Å². The molecule has 3 aliphatic heterocycles. The Bertz CT molecular complexity index is 1570. The zero-order chi connectivity index (χ0) is 34.7. The molecule has 49 heavy (non-hydrogen) atoms. The van der Waals surface area contributed by atoms with Crippen molar-refractivity contribution in [2.45, 2.75) is 93.2 Å². The summed E-state index contributed by atoms with van der Waals surface area (Å²) in [5.74, 6) is -0.181. The molecular weight excluding hydrogens is 650 g/mol. The Morgan fingerprint density at radius 1 is 0.939 bits per heavy atom. The van der Waals surface area contributed by atoms with Crippen molar-refractivity contribution in [3.05, 3.63) is 100 Å². The number of hydrogen-bond acceptors (Lipinski definition) is 9. The Labute approximate surface area is 291 Å². The number of aryl methyl sites for hydroxylation is 1. The van der Waals surface area contributed by atoms with Crippen molar-refractivity contribution >= 4 is 18.5 Å². The number of ether oxygens (including phenoxy) is 3. The number of benzene rings is 3. The van der Waals surface area contributed by atoms with E-state index in [1.807, 2.05) is 30.3 Å². The van der Waals surface area contributed by atoms with Gasteiger partial charge in [0.2, 0.25) is 0 Å². The van der Waals surface area contributed by atoms with Crippen molar-refractivity contribution in [1.29, 1.82) is 0 Å². The van der Waals surface area contributed by atoms with Crippen LogP contribution in [0.4, 0.5) is 8.78 Å². The summed E-state index contributed by atoms with van der Waals surface area (Å²) in [7, 11) is 0. The van der Waals surface area contributed by atoms with Crippen LogP contribution in [0.1, 0.15) is 66.2 Å². The number of piperidine rings is 1. The highest BCUT2D eigenvalue weighted by Gasteiger charge is 2.44. The lowest BCUT2D eigenvalue weighted by atomic mass is 9.90. The number of thioether (sulfide) groups is 1. The summed E-state index contributed by atoms with van der Waals surface area (Å²) in [6.07, 6.45) is 0.729. The average molecular weight is 697 g/mol. The van der Waals surface area contributed by atoms with E-state index in [-0.39, 0.29) is 23.8 Å². The molecule has 0 amide bonds. The summed E-state index contributed by atoms with van der Waals surface area (Å²) < 4.78 is 46.8. The molecule has 3 heterocycles. The van der Waals surface area contributed by atoms with Crippen LogP contribution in [0.25, 0.3) is 0 Å². The number of likely N-dealkylation sites (tertiary alicyclic amines) is 1. The smallest absolute Gasteiger partial charge is 0.132 e. The van der Waals surface area contributed by atoms with E-state index in [4.69, 9.17) is 14.2 Å². The van der Waals surface area contributed by atoms with Crippen LogP contribution in [0.15, 0.2) is 65.7 Å². The Balaban J connectivity index is 1.03. The summed E-state index contributed by atoms with van der Waals surface area (Å²) in [5.41, 5.74) is 3.76. The minimum Gasteiger partial charge on any atom is -0.490 e. The van der Waals surface area contributed by atoms with E-state index in [1.165, 1.54) is 23.4 Å². The van der Waals surface area contributed by atoms with Gasteiger partial charge in [0.1, 0.15) is 59.4 Å². The minimum atomic E-state index is -1.29. The molecule has 11 heteroatoms. The summed E-state index contributed by atoms with van der Waals surface area (Å²) in [5, 5.41) is 31.4. The van der Waals surface area contributed by atoms with Gasteiger partial charge >= 0.3 is 0 Å². The second-order valence-electron chi connectivity index (χ2n) is 13.2. The van der Waals surface area contributed by atoms with E-state index < -0.39 is 47.6 Å². The van der Waals surface area contributed by atoms with Crippen molar-refractivity contribution < 1.29 is 38.3 Å². The van der Waals surface area contributed by atoms with Crippen LogP contribution in [-0.4, -0.2) is 94.8 Å². The summed E-state index contributed by atoms with van der Waals surface area (Å²) in [6, 6.07) is 17.4. The molecule has 0 spiro atoms. The number of nitrogens with zero attached hydrogens (tertiary/aromatic N) is 2. The van der Waals surface area contributed by atoms with Crippen LogP contribution in [-0.2, 0) is 22.3 Å². The van der Waals surface area contributed by atoms with Crippen molar-refractivity contribution in [1.82, 2.24) is 4.90 Å². The highest BCUT2D eigenvalue weighted by Crippen LogP contribution is 2.38.